The van der Waals surface area contributed by atoms with E-state index in [0.717, 1.165) is 92.2 Å². The number of para-hydroxylation sites is 1. The predicted molar refractivity (Wildman–Crippen MR) is 193 cm³/mol. The van der Waals surface area contributed by atoms with Crippen molar-refractivity contribution in [3.63, 3.8) is 0 Å². The van der Waals surface area contributed by atoms with Gasteiger partial charge in [-0.1, -0.05) is 91.0 Å². The molecule has 2 aliphatic rings. The van der Waals surface area contributed by atoms with E-state index < -0.39 is 0 Å². The summed E-state index contributed by atoms with van der Waals surface area (Å²) in [6.07, 6.45) is 12.9. The minimum atomic E-state index is 0.593. The van der Waals surface area contributed by atoms with Crippen molar-refractivity contribution in [2.45, 2.75) is 25.7 Å². The fourth-order valence-electron chi connectivity index (χ4n) is 7.24. The largest absolute Gasteiger partial charge is 0.460 e. The molecule has 5 aromatic carbocycles. The van der Waals surface area contributed by atoms with Gasteiger partial charge in [0.1, 0.15) is 22.5 Å². The molecule has 0 fully saturated rings. The standard InChI is InChI=1S/C43H29N3O2/c1-2-11-27(12-3-1)41-44-42(30-20-21-33-32-14-6-8-16-36(32)47-38(33)24-30)46-43(45-41)35-23-31(29-19-18-26-10-4-5-13-28(26)22-29)25-39-40(35)34-15-7-9-17-37(34)48-39/h1-3,5-7,9,11-15,17-25H,4,8,10,16H2. The highest BCUT2D eigenvalue weighted by atomic mass is 16.3. The summed E-state index contributed by atoms with van der Waals surface area (Å²) in [5.41, 5.74) is 11.2. The second-order valence-electron chi connectivity index (χ2n) is 12.6. The molecule has 48 heavy (non-hydrogen) atoms. The van der Waals surface area contributed by atoms with Crippen LogP contribution in [0.3, 0.4) is 0 Å². The SMILES string of the molecule is C1=Cc2cc(-c3cc(-c4nc(-c5ccccc5)nc(-c5ccc6c7c(oc6c5)CCC=C7)n4)c4c(c3)oc3ccccc34)ccc2CC1. The number of benzene rings is 5. The molecule has 8 aromatic rings. The number of aromatic nitrogens is 3. The number of fused-ring (bicyclic) bond motifs is 7. The van der Waals surface area contributed by atoms with Crippen molar-refractivity contribution in [3.05, 3.63) is 138 Å². The molecule has 0 saturated heterocycles. The summed E-state index contributed by atoms with van der Waals surface area (Å²) in [4.78, 5) is 15.4. The minimum absolute atomic E-state index is 0.593. The Hall–Kier alpha value is -6.07. The number of rotatable bonds is 4. The van der Waals surface area contributed by atoms with Gasteiger partial charge in [-0.3, -0.25) is 0 Å². The Kier molecular flexibility index (Phi) is 6.06. The van der Waals surface area contributed by atoms with Crippen molar-refractivity contribution in [3.8, 4) is 45.3 Å². The second-order valence-corrected chi connectivity index (χ2v) is 12.6. The van der Waals surface area contributed by atoms with Crippen molar-refractivity contribution in [2.24, 2.45) is 0 Å². The maximum atomic E-state index is 6.50. The fraction of sp³-hybridized carbons (Fsp3) is 0.0930. The first kappa shape index (κ1) is 27.1. The lowest BCUT2D eigenvalue weighted by Crippen LogP contribution is -2.01. The van der Waals surface area contributed by atoms with Crippen LogP contribution < -0.4 is 0 Å². The molecule has 0 unspecified atom stereocenters. The van der Waals surface area contributed by atoms with E-state index in [1.54, 1.807) is 0 Å². The smallest absolute Gasteiger partial charge is 0.164 e. The Morgan fingerprint density at radius 3 is 2.21 bits per heavy atom. The molecule has 0 bridgehead atoms. The van der Waals surface area contributed by atoms with Crippen LogP contribution in [0.4, 0.5) is 0 Å². The van der Waals surface area contributed by atoms with E-state index in [2.05, 4.69) is 78.9 Å². The van der Waals surface area contributed by atoms with Crippen LogP contribution in [-0.4, -0.2) is 15.0 Å². The lowest BCUT2D eigenvalue weighted by Gasteiger charge is -2.14. The Morgan fingerprint density at radius 1 is 0.500 bits per heavy atom. The van der Waals surface area contributed by atoms with Gasteiger partial charge in [0.25, 0.3) is 0 Å². The normalized spacial score (nSPS) is 13.8. The zero-order valence-electron chi connectivity index (χ0n) is 26.1. The highest BCUT2D eigenvalue weighted by molar-refractivity contribution is 6.13. The number of hydrogen-bond donors (Lipinski definition) is 0. The average Bonchev–Trinajstić information content (AvgIpc) is 3.72. The van der Waals surface area contributed by atoms with Gasteiger partial charge in [0.2, 0.25) is 0 Å². The summed E-state index contributed by atoms with van der Waals surface area (Å²) in [6.45, 7) is 0. The number of aryl methyl sites for hydroxylation is 2. The van der Waals surface area contributed by atoms with E-state index in [4.69, 9.17) is 23.8 Å². The molecule has 5 nitrogen and oxygen atoms in total. The maximum absolute atomic E-state index is 6.50. The third kappa shape index (κ3) is 4.43. The summed E-state index contributed by atoms with van der Waals surface area (Å²) in [5.74, 6) is 2.84. The van der Waals surface area contributed by atoms with Gasteiger partial charge in [-0.05, 0) is 77.9 Å². The molecule has 0 radical (unpaired) electrons. The number of nitrogens with zero attached hydrogens (tertiary/aromatic N) is 3. The Bertz CT molecular complexity index is 2620. The van der Waals surface area contributed by atoms with Gasteiger partial charge in [0.15, 0.2) is 17.5 Å². The molecule has 0 aliphatic heterocycles. The molecular weight excluding hydrogens is 590 g/mol. The van der Waals surface area contributed by atoms with E-state index in [1.165, 1.54) is 16.7 Å². The van der Waals surface area contributed by atoms with Crippen molar-refractivity contribution < 1.29 is 8.83 Å². The molecule has 0 atom stereocenters. The van der Waals surface area contributed by atoms with Crippen molar-refractivity contribution in [1.82, 2.24) is 15.0 Å². The monoisotopic (exact) mass is 619 g/mol. The molecule has 2 aliphatic carbocycles. The lowest BCUT2D eigenvalue weighted by atomic mass is 9.92. The Labute approximate surface area is 276 Å². The van der Waals surface area contributed by atoms with Gasteiger partial charge >= 0.3 is 0 Å². The summed E-state index contributed by atoms with van der Waals surface area (Å²) >= 11 is 0. The molecule has 228 valence electrons. The maximum Gasteiger partial charge on any atom is 0.164 e. The lowest BCUT2D eigenvalue weighted by molar-refractivity contribution is 0.546. The van der Waals surface area contributed by atoms with E-state index in [-0.39, 0.29) is 0 Å². The van der Waals surface area contributed by atoms with Crippen LogP contribution in [0.2, 0.25) is 0 Å². The highest BCUT2D eigenvalue weighted by Crippen LogP contribution is 2.41. The Morgan fingerprint density at radius 2 is 1.27 bits per heavy atom. The van der Waals surface area contributed by atoms with Gasteiger partial charge in [0, 0.05) is 44.8 Å². The summed E-state index contributed by atoms with van der Waals surface area (Å²) < 4.78 is 12.8. The van der Waals surface area contributed by atoms with E-state index in [0.29, 0.717) is 17.5 Å². The second kappa shape index (κ2) is 10.7. The molecule has 0 saturated carbocycles. The number of hydrogen-bond acceptors (Lipinski definition) is 5. The van der Waals surface area contributed by atoms with Crippen LogP contribution in [0.25, 0.3) is 90.4 Å². The van der Waals surface area contributed by atoms with Crippen molar-refractivity contribution in [2.75, 3.05) is 0 Å². The number of allylic oxidation sites excluding steroid dienone is 2. The molecule has 0 spiro atoms. The summed E-state index contributed by atoms with van der Waals surface area (Å²) in [6, 6.07) is 35.7. The Balaban J connectivity index is 1.22. The van der Waals surface area contributed by atoms with E-state index >= 15 is 0 Å². The van der Waals surface area contributed by atoms with Crippen LogP contribution in [0, 0.1) is 0 Å². The predicted octanol–water partition coefficient (Wildman–Crippen LogP) is 11.1. The van der Waals surface area contributed by atoms with Crippen LogP contribution in [0.1, 0.15) is 35.3 Å². The van der Waals surface area contributed by atoms with E-state index in [9.17, 15) is 0 Å². The van der Waals surface area contributed by atoms with Gasteiger partial charge in [-0.15, -0.1) is 0 Å². The van der Waals surface area contributed by atoms with E-state index in [1.807, 2.05) is 48.5 Å². The third-order valence-corrected chi connectivity index (χ3v) is 9.63. The quantitative estimate of drug-likeness (QED) is 0.196. The van der Waals surface area contributed by atoms with Crippen LogP contribution in [-0.2, 0) is 12.8 Å². The van der Waals surface area contributed by atoms with Crippen molar-refractivity contribution >= 4 is 45.1 Å². The molecule has 10 rings (SSSR count). The van der Waals surface area contributed by atoms with Crippen LogP contribution >= 0.6 is 0 Å². The van der Waals surface area contributed by atoms with Gasteiger partial charge < -0.3 is 8.83 Å². The van der Waals surface area contributed by atoms with Gasteiger partial charge in [-0.25, -0.2) is 15.0 Å². The molecule has 0 N–H and O–H groups in total. The first-order chi connectivity index (χ1) is 23.7. The highest BCUT2D eigenvalue weighted by Gasteiger charge is 2.21. The third-order valence-electron chi connectivity index (χ3n) is 9.63. The van der Waals surface area contributed by atoms with Gasteiger partial charge in [-0.2, -0.15) is 0 Å². The first-order valence-corrected chi connectivity index (χ1v) is 16.5. The molecule has 3 heterocycles. The summed E-state index contributed by atoms with van der Waals surface area (Å²) in [5, 5.41) is 3.13. The van der Waals surface area contributed by atoms with Crippen LogP contribution in [0.5, 0.6) is 0 Å². The zero-order chi connectivity index (χ0) is 31.6. The molecule has 0 amide bonds. The zero-order valence-corrected chi connectivity index (χ0v) is 26.1. The van der Waals surface area contributed by atoms with Crippen LogP contribution in [0.15, 0.2) is 124 Å². The fourth-order valence-corrected chi connectivity index (χ4v) is 7.24. The summed E-state index contributed by atoms with van der Waals surface area (Å²) in [7, 11) is 0. The molecule has 5 heteroatoms. The number of furan rings is 2. The minimum Gasteiger partial charge on any atom is -0.460 e. The first-order valence-electron chi connectivity index (χ1n) is 16.5. The topological polar surface area (TPSA) is 65.0 Å². The molecular formula is C43H29N3O2. The van der Waals surface area contributed by atoms with Crippen molar-refractivity contribution in [1.29, 1.82) is 0 Å². The average molecular weight is 620 g/mol. The van der Waals surface area contributed by atoms with Gasteiger partial charge in [0.05, 0.1) is 0 Å². The molecule has 3 aromatic heterocycles.